The Labute approximate surface area is 180 Å². The van der Waals surface area contributed by atoms with Crippen LogP contribution >= 0.6 is 11.8 Å². The number of thioether (sulfide) groups is 1. The van der Waals surface area contributed by atoms with Crippen LogP contribution in [0.15, 0.2) is 91.0 Å². The van der Waals surface area contributed by atoms with E-state index in [2.05, 4.69) is 103 Å². The summed E-state index contributed by atoms with van der Waals surface area (Å²) in [6.07, 6.45) is 7.60. The summed E-state index contributed by atoms with van der Waals surface area (Å²) in [6, 6.07) is 33.0. The number of unbranched alkanes of at least 4 members (excludes halogenated alkanes) is 5. The van der Waals surface area contributed by atoms with E-state index in [1.54, 1.807) is 0 Å². The van der Waals surface area contributed by atoms with E-state index in [9.17, 15) is 0 Å². The second-order valence-electron chi connectivity index (χ2n) is 7.54. The molecule has 0 bridgehead atoms. The molecule has 2 N–H and O–H groups in total. The number of hydrogen-bond donors (Lipinski definition) is 1. The minimum Gasteiger partial charge on any atom is -0.330 e. The molecule has 3 rings (SSSR count). The fraction of sp³-hybridized carbons (Fsp3) is 0.333. The molecule has 0 spiro atoms. The van der Waals surface area contributed by atoms with Crippen molar-refractivity contribution in [2.24, 2.45) is 5.73 Å². The average molecular weight is 404 g/mol. The molecule has 0 heterocycles. The molecule has 3 aromatic carbocycles. The molecule has 1 nitrogen and oxygen atoms in total. The van der Waals surface area contributed by atoms with Gasteiger partial charge in [-0.05, 0) is 41.8 Å². The van der Waals surface area contributed by atoms with Gasteiger partial charge in [-0.25, -0.2) is 0 Å². The molecule has 0 aliphatic carbocycles. The lowest BCUT2D eigenvalue weighted by Gasteiger charge is -2.35. The van der Waals surface area contributed by atoms with Gasteiger partial charge >= 0.3 is 0 Å². The first-order valence-electron chi connectivity index (χ1n) is 10.9. The molecule has 0 unspecified atom stereocenters. The minimum atomic E-state index is -0.177. The van der Waals surface area contributed by atoms with E-state index < -0.39 is 0 Å². The van der Waals surface area contributed by atoms with Crippen molar-refractivity contribution in [1.29, 1.82) is 0 Å². The normalized spacial score (nSPS) is 11.5. The highest BCUT2D eigenvalue weighted by Crippen LogP contribution is 2.48. The number of nitrogens with two attached hydrogens (primary N) is 1. The van der Waals surface area contributed by atoms with Gasteiger partial charge in [0.15, 0.2) is 0 Å². The zero-order valence-corrected chi connectivity index (χ0v) is 18.1. The van der Waals surface area contributed by atoms with E-state index in [-0.39, 0.29) is 4.75 Å². The molecule has 0 saturated heterocycles. The number of rotatable bonds is 12. The van der Waals surface area contributed by atoms with Crippen molar-refractivity contribution < 1.29 is 0 Å². The van der Waals surface area contributed by atoms with Crippen LogP contribution in [-0.4, -0.2) is 12.3 Å². The van der Waals surface area contributed by atoms with Crippen LogP contribution < -0.4 is 5.73 Å². The summed E-state index contributed by atoms with van der Waals surface area (Å²) in [5.74, 6) is 1.15. The SMILES string of the molecule is NCCCCCCCCSC(c1ccccc1)(c1ccccc1)c1ccccc1. The smallest absolute Gasteiger partial charge is 0.0906 e. The molecule has 0 atom stereocenters. The summed E-state index contributed by atoms with van der Waals surface area (Å²) >= 11 is 2.08. The van der Waals surface area contributed by atoms with Crippen molar-refractivity contribution in [1.82, 2.24) is 0 Å². The van der Waals surface area contributed by atoms with Gasteiger partial charge in [-0.1, -0.05) is 117 Å². The Hall–Kier alpha value is -2.03. The lowest BCUT2D eigenvalue weighted by molar-refractivity contribution is 0.613. The fourth-order valence-electron chi connectivity index (χ4n) is 3.95. The molecule has 0 fully saturated rings. The molecule has 29 heavy (non-hydrogen) atoms. The van der Waals surface area contributed by atoms with Gasteiger partial charge in [0.1, 0.15) is 0 Å². The summed E-state index contributed by atoms with van der Waals surface area (Å²) in [5, 5.41) is 0. The first-order valence-corrected chi connectivity index (χ1v) is 11.9. The zero-order chi connectivity index (χ0) is 20.2. The van der Waals surface area contributed by atoms with Gasteiger partial charge in [0.05, 0.1) is 4.75 Å². The van der Waals surface area contributed by atoms with E-state index >= 15 is 0 Å². The Balaban J connectivity index is 1.83. The summed E-state index contributed by atoms with van der Waals surface area (Å²) in [5.41, 5.74) is 9.66. The summed E-state index contributed by atoms with van der Waals surface area (Å²) in [7, 11) is 0. The van der Waals surface area contributed by atoms with E-state index in [4.69, 9.17) is 5.73 Å². The van der Waals surface area contributed by atoms with Crippen molar-refractivity contribution in [2.75, 3.05) is 12.3 Å². The predicted molar refractivity (Wildman–Crippen MR) is 128 cm³/mol. The third kappa shape index (κ3) is 5.74. The van der Waals surface area contributed by atoms with Crippen LogP contribution in [0.5, 0.6) is 0 Å². The van der Waals surface area contributed by atoms with E-state index in [1.807, 2.05) is 0 Å². The van der Waals surface area contributed by atoms with Crippen LogP contribution in [-0.2, 0) is 4.75 Å². The molecule has 152 valence electrons. The van der Waals surface area contributed by atoms with Crippen LogP contribution in [0.1, 0.15) is 55.2 Å². The molecule has 0 aliphatic rings. The molecular weight excluding hydrogens is 370 g/mol. The van der Waals surface area contributed by atoms with Gasteiger partial charge in [-0.2, -0.15) is 0 Å². The van der Waals surface area contributed by atoms with Gasteiger partial charge in [0.25, 0.3) is 0 Å². The van der Waals surface area contributed by atoms with Gasteiger partial charge in [0.2, 0.25) is 0 Å². The lowest BCUT2D eigenvalue weighted by Crippen LogP contribution is -2.26. The van der Waals surface area contributed by atoms with Crippen molar-refractivity contribution in [3.05, 3.63) is 108 Å². The Kier molecular flexibility index (Phi) is 8.85. The highest BCUT2D eigenvalue weighted by Gasteiger charge is 2.36. The number of hydrogen-bond acceptors (Lipinski definition) is 2. The van der Waals surface area contributed by atoms with Crippen molar-refractivity contribution in [3.8, 4) is 0 Å². The largest absolute Gasteiger partial charge is 0.330 e. The third-order valence-electron chi connectivity index (χ3n) is 5.46. The van der Waals surface area contributed by atoms with E-state index in [0.717, 1.165) is 18.7 Å². The van der Waals surface area contributed by atoms with Crippen LogP contribution in [0.25, 0.3) is 0 Å². The quantitative estimate of drug-likeness (QED) is 0.260. The van der Waals surface area contributed by atoms with Crippen LogP contribution in [0, 0.1) is 0 Å². The monoisotopic (exact) mass is 403 g/mol. The Morgan fingerprint density at radius 1 is 0.517 bits per heavy atom. The maximum absolute atomic E-state index is 5.60. The molecule has 0 aliphatic heterocycles. The Bertz CT molecular complexity index is 705. The second-order valence-corrected chi connectivity index (χ2v) is 8.85. The van der Waals surface area contributed by atoms with Gasteiger partial charge in [-0.15, -0.1) is 11.8 Å². The molecule has 0 amide bonds. The summed E-state index contributed by atoms with van der Waals surface area (Å²) < 4.78 is -0.177. The first-order chi connectivity index (χ1) is 14.4. The standard InChI is InChI=1S/C27H33NS/c28-22-14-3-1-2-4-15-23-29-27(24-16-8-5-9-17-24,25-18-10-6-11-19-25)26-20-12-7-13-21-26/h5-13,16-21H,1-4,14-15,22-23,28H2. The highest BCUT2D eigenvalue weighted by atomic mass is 32.2. The summed E-state index contributed by atoms with van der Waals surface area (Å²) in [4.78, 5) is 0. The third-order valence-corrected chi connectivity index (χ3v) is 7.09. The minimum absolute atomic E-state index is 0.177. The maximum Gasteiger partial charge on any atom is 0.0906 e. The van der Waals surface area contributed by atoms with Crippen molar-refractivity contribution >= 4 is 11.8 Å². The topological polar surface area (TPSA) is 26.0 Å². The zero-order valence-electron chi connectivity index (χ0n) is 17.3. The average Bonchev–Trinajstić information content (AvgIpc) is 2.80. The Morgan fingerprint density at radius 2 is 0.897 bits per heavy atom. The van der Waals surface area contributed by atoms with Crippen molar-refractivity contribution in [2.45, 2.75) is 43.3 Å². The van der Waals surface area contributed by atoms with Crippen LogP contribution in [0.4, 0.5) is 0 Å². The second kappa shape index (κ2) is 11.8. The number of benzene rings is 3. The van der Waals surface area contributed by atoms with Crippen LogP contribution in [0.2, 0.25) is 0 Å². The van der Waals surface area contributed by atoms with Gasteiger partial charge in [-0.3, -0.25) is 0 Å². The molecule has 0 aromatic heterocycles. The van der Waals surface area contributed by atoms with Gasteiger partial charge in [0, 0.05) is 0 Å². The molecule has 2 heteroatoms. The highest BCUT2D eigenvalue weighted by molar-refractivity contribution is 8.00. The predicted octanol–water partition coefficient (Wildman–Crippen LogP) is 7.01. The van der Waals surface area contributed by atoms with Crippen molar-refractivity contribution in [3.63, 3.8) is 0 Å². The molecule has 0 saturated carbocycles. The molecule has 0 radical (unpaired) electrons. The summed E-state index contributed by atoms with van der Waals surface area (Å²) in [6.45, 7) is 0.823. The van der Waals surface area contributed by atoms with E-state index in [0.29, 0.717) is 0 Å². The van der Waals surface area contributed by atoms with Crippen LogP contribution in [0.3, 0.4) is 0 Å². The van der Waals surface area contributed by atoms with Gasteiger partial charge < -0.3 is 5.73 Å². The lowest BCUT2D eigenvalue weighted by atomic mass is 9.84. The molecule has 3 aromatic rings. The fourth-order valence-corrected chi connectivity index (χ4v) is 5.51. The Morgan fingerprint density at radius 3 is 1.31 bits per heavy atom. The van der Waals surface area contributed by atoms with E-state index in [1.165, 1.54) is 48.8 Å². The maximum atomic E-state index is 5.60. The molecular formula is C27H33NS. The first kappa shape index (κ1) is 21.7.